The molecule has 0 aliphatic carbocycles. The molecule has 130 valence electrons. The van der Waals surface area contributed by atoms with Gasteiger partial charge >= 0.3 is 0 Å². The average molecular weight is 374 g/mol. The fourth-order valence-electron chi connectivity index (χ4n) is 2.90. The summed E-state index contributed by atoms with van der Waals surface area (Å²) in [7, 11) is 0. The number of aryl methyl sites for hydroxylation is 1. The largest absolute Gasteiger partial charge is 0.358 e. The molecule has 0 aromatic heterocycles. The molecule has 0 spiro atoms. The smallest absolute Gasteiger partial charge is 0.227 e. The molecule has 1 amide bonds. The molecule has 2 aromatic rings. The molecule has 1 aliphatic rings. The van der Waals surface area contributed by atoms with Gasteiger partial charge in [-0.05, 0) is 67.0 Å². The molecule has 2 aromatic carbocycles. The Balaban J connectivity index is 1.58. The van der Waals surface area contributed by atoms with Crippen molar-refractivity contribution < 1.29 is 4.79 Å². The molecular weight excluding hydrogens is 354 g/mol. The molecular formula is C19H20ClN3OS. The second-order valence-corrected chi connectivity index (χ2v) is 6.93. The van der Waals surface area contributed by atoms with E-state index in [0.717, 1.165) is 40.5 Å². The Bertz CT molecular complexity index is 792. The third-order valence-electron chi connectivity index (χ3n) is 4.19. The van der Waals surface area contributed by atoms with Crippen LogP contribution in [-0.4, -0.2) is 17.6 Å². The summed E-state index contributed by atoms with van der Waals surface area (Å²) in [6.07, 6.45) is 1.56. The number of hydrogen-bond donors (Lipinski definition) is 2. The van der Waals surface area contributed by atoms with Crippen LogP contribution in [0.2, 0.25) is 5.02 Å². The van der Waals surface area contributed by atoms with Gasteiger partial charge in [-0.2, -0.15) is 0 Å². The quantitative estimate of drug-likeness (QED) is 0.786. The predicted molar refractivity (Wildman–Crippen MR) is 107 cm³/mol. The molecule has 25 heavy (non-hydrogen) atoms. The highest BCUT2D eigenvalue weighted by atomic mass is 35.5. The van der Waals surface area contributed by atoms with Crippen molar-refractivity contribution in [3.05, 3.63) is 58.6 Å². The molecule has 1 heterocycles. The van der Waals surface area contributed by atoms with Crippen molar-refractivity contribution >= 4 is 46.2 Å². The molecule has 1 fully saturated rings. The lowest BCUT2D eigenvalue weighted by atomic mass is 10.1. The maximum Gasteiger partial charge on any atom is 0.227 e. The minimum absolute atomic E-state index is 0.198. The summed E-state index contributed by atoms with van der Waals surface area (Å²) in [6, 6.07) is 13.6. The Morgan fingerprint density at radius 2 is 2.00 bits per heavy atom. The van der Waals surface area contributed by atoms with Crippen molar-refractivity contribution in [1.29, 1.82) is 0 Å². The zero-order chi connectivity index (χ0) is 17.8. The Labute approximate surface area is 158 Å². The molecule has 0 saturated carbocycles. The summed E-state index contributed by atoms with van der Waals surface area (Å²) < 4.78 is 0. The number of halogens is 1. The Morgan fingerprint density at radius 1 is 1.24 bits per heavy atom. The standard InChI is InChI=1S/C19H20ClN3OS/c1-13-11-16(8-9-17(13)23-10-2-3-18(23)24)22-19(25)21-12-14-4-6-15(20)7-5-14/h4-9,11H,2-3,10,12H2,1H3,(H2,21,22,25). The van der Waals surface area contributed by atoms with E-state index in [9.17, 15) is 4.79 Å². The van der Waals surface area contributed by atoms with Gasteiger partial charge in [0.25, 0.3) is 0 Å². The first-order chi connectivity index (χ1) is 12.0. The first kappa shape index (κ1) is 17.7. The van der Waals surface area contributed by atoms with E-state index in [-0.39, 0.29) is 5.91 Å². The van der Waals surface area contributed by atoms with E-state index in [2.05, 4.69) is 10.6 Å². The highest BCUT2D eigenvalue weighted by Crippen LogP contribution is 2.27. The molecule has 1 saturated heterocycles. The topological polar surface area (TPSA) is 44.4 Å². The van der Waals surface area contributed by atoms with Crippen LogP contribution < -0.4 is 15.5 Å². The van der Waals surface area contributed by atoms with E-state index in [0.29, 0.717) is 18.1 Å². The highest BCUT2D eigenvalue weighted by molar-refractivity contribution is 7.80. The fraction of sp³-hybridized carbons (Fsp3) is 0.263. The van der Waals surface area contributed by atoms with Crippen LogP contribution in [0.5, 0.6) is 0 Å². The third kappa shape index (κ3) is 4.50. The Morgan fingerprint density at radius 3 is 2.64 bits per heavy atom. The SMILES string of the molecule is Cc1cc(NC(=S)NCc2ccc(Cl)cc2)ccc1N1CCCC1=O. The number of rotatable bonds is 4. The molecule has 2 N–H and O–H groups in total. The van der Waals surface area contributed by atoms with Gasteiger partial charge in [-0.3, -0.25) is 4.79 Å². The minimum Gasteiger partial charge on any atom is -0.358 e. The predicted octanol–water partition coefficient (Wildman–Crippen LogP) is 4.26. The number of amides is 1. The minimum atomic E-state index is 0.198. The number of benzene rings is 2. The monoisotopic (exact) mass is 373 g/mol. The van der Waals surface area contributed by atoms with Crippen LogP contribution in [0.25, 0.3) is 0 Å². The van der Waals surface area contributed by atoms with Crippen molar-refractivity contribution in [3.8, 4) is 0 Å². The number of carbonyl (C=O) groups excluding carboxylic acids is 1. The highest BCUT2D eigenvalue weighted by Gasteiger charge is 2.22. The second kappa shape index (κ2) is 7.85. The van der Waals surface area contributed by atoms with E-state index in [1.807, 2.05) is 54.3 Å². The molecule has 0 bridgehead atoms. The van der Waals surface area contributed by atoms with Gasteiger partial charge in [0.05, 0.1) is 0 Å². The number of anilines is 2. The number of nitrogens with one attached hydrogen (secondary N) is 2. The van der Waals surface area contributed by atoms with E-state index >= 15 is 0 Å². The van der Waals surface area contributed by atoms with Crippen LogP contribution in [0, 0.1) is 6.92 Å². The molecule has 4 nitrogen and oxygen atoms in total. The van der Waals surface area contributed by atoms with Crippen LogP contribution in [0.4, 0.5) is 11.4 Å². The van der Waals surface area contributed by atoms with Crippen molar-refractivity contribution in [1.82, 2.24) is 5.32 Å². The van der Waals surface area contributed by atoms with Gasteiger partial charge in [0.1, 0.15) is 0 Å². The van der Waals surface area contributed by atoms with Crippen molar-refractivity contribution in [2.45, 2.75) is 26.3 Å². The van der Waals surface area contributed by atoms with E-state index in [4.69, 9.17) is 23.8 Å². The summed E-state index contributed by atoms with van der Waals surface area (Å²) in [4.78, 5) is 13.8. The first-order valence-electron chi connectivity index (χ1n) is 8.23. The maximum atomic E-state index is 11.9. The lowest BCUT2D eigenvalue weighted by Gasteiger charge is -2.19. The molecule has 1 aliphatic heterocycles. The number of hydrogen-bond acceptors (Lipinski definition) is 2. The van der Waals surface area contributed by atoms with Gasteiger partial charge in [-0.25, -0.2) is 0 Å². The fourth-order valence-corrected chi connectivity index (χ4v) is 3.21. The average Bonchev–Trinajstić information content (AvgIpc) is 3.00. The second-order valence-electron chi connectivity index (χ2n) is 6.08. The lowest BCUT2D eigenvalue weighted by molar-refractivity contribution is -0.117. The first-order valence-corrected chi connectivity index (χ1v) is 9.02. The molecule has 3 rings (SSSR count). The van der Waals surface area contributed by atoms with Crippen LogP contribution in [0.3, 0.4) is 0 Å². The summed E-state index contributed by atoms with van der Waals surface area (Å²) in [5.74, 6) is 0.198. The number of thiocarbonyl (C=S) groups is 1. The molecule has 0 radical (unpaired) electrons. The summed E-state index contributed by atoms with van der Waals surface area (Å²) in [6.45, 7) is 3.44. The van der Waals surface area contributed by atoms with E-state index in [1.54, 1.807) is 0 Å². The van der Waals surface area contributed by atoms with Crippen LogP contribution in [0.15, 0.2) is 42.5 Å². The normalized spacial score (nSPS) is 13.8. The zero-order valence-electron chi connectivity index (χ0n) is 14.0. The van der Waals surface area contributed by atoms with Gasteiger partial charge < -0.3 is 15.5 Å². The van der Waals surface area contributed by atoms with Crippen molar-refractivity contribution in [3.63, 3.8) is 0 Å². The third-order valence-corrected chi connectivity index (χ3v) is 4.68. The van der Waals surface area contributed by atoms with Crippen molar-refractivity contribution in [2.24, 2.45) is 0 Å². The van der Waals surface area contributed by atoms with Crippen LogP contribution >= 0.6 is 23.8 Å². The Kier molecular flexibility index (Phi) is 5.56. The van der Waals surface area contributed by atoms with E-state index < -0.39 is 0 Å². The Hall–Kier alpha value is -2.11. The van der Waals surface area contributed by atoms with Gasteiger partial charge in [0.15, 0.2) is 5.11 Å². The zero-order valence-corrected chi connectivity index (χ0v) is 15.6. The van der Waals surface area contributed by atoms with Crippen molar-refractivity contribution in [2.75, 3.05) is 16.8 Å². The van der Waals surface area contributed by atoms with Gasteiger partial charge in [-0.1, -0.05) is 23.7 Å². The molecule has 0 atom stereocenters. The summed E-state index contributed by atoms with van der Waals surface area (Å²) >= 11 is 11.2. The number of nitrogens with zero attached hydrogens (tertiary/aromatic N) is 1. The van der Waals surface area contributed by atoms with Gasteiger partial charge in [0, 0.05) is 35.9 Å². The van der Waals surface area contributed by atoms with Gasteiger partial charge in [-0.15, -0.1) is 0 Å². The maximum absolute atomic E-state index is 11.9. The van der Waals surface area contributed by atoms with Crippen LogP contribution in [0.1, 0.15) is 24.0 Å². The van der Waals surface area contributed by atoms with Gasteiger partial charge in [0.2, 0.25) is 5.91 Å². The number of carbonyl (C=O) groups is 1. The lowest BCUT2D eigenvalue weighted by Crippen LogP contribution is -2.28. The molecule has 0 unspecified atom stereocenters. The molecule has 6 heteroatoms. The summed E-state index contributed by atoms with van der Waals surface area (Å²) in [5.41, 5.74) is 4.04. The van der Waals surface area contributed by atoms with Crippen LogP contribution in [-0.2, 0) is 11.3 Å². The van der Waals surface area contributed by atoms with E-state index in [1.165, 1.54) is 0 Å². The summed E-state index contributed by atoms with van der Waals surface area (Å²) in [5, 5.41) is 7.63.